The third-order valence-corrected chi connectivity index (χ3v) is 5.83. The number of aromatic nitrogens is 3. The molecular formula is C21H23N5O2S. The van der Waals surface area contributed by atoms with Gasteiger partial charge in [0.2, 0.25) is 0 Å². The van der Waals surface area contributed by atoms with Gasteiger partial charge < -0.3 is 9.73 Å². The summed E-state index contributed by atoms with van der Waals surface area (Å²) in [5.74, 6) is 0.664. The van der Waals surface area contributed by atoms with Crippen molar-refractivity contribution in [1.29, 1.82) is 0 Å². The topological polar surface area (TPSA) is 76.2 Å². The van der Waals surface area contributed by atoms with Gasteiger partial charge in [0, 0.05) is 13.6 Å². The number of carbonyl (C=O) groups excluding carboxylic acids is 1. The first-order chi connectivity index (χ1) is 14.0. The van der Waals surface area contributed by atoms with Crippen LogP contribution in [0.4, 0.5) is 0 Å². The Hall–Kier alpha value is -2.97. The van der Waals surface area contributed by atoms with Gasteiger partial charge in [-0.2, -0.15) is 5.10 Å². The Bertz CT molecular complexity index is 1130. The van der Waals surface area contributed by atoms with Crippen LogP contribution in [0.5, 0.6) is 0 Å². The van der Waals surface area contributed by atoms with Gasteiger partial charge in [-0.15, -0.1) is 11.3 Å². The molecule has 29 heavy (non-hydrogen) atoms. The molecule has 0 aliphatic rings. The number of pyridine rings is 1. The van der Waals surface area contributed by atoms with Gasteiger partial charge in [0.15, 0.2) is 5.65 Å². The Labute approximate surface area is 173 Å². The van der Waals surface area contributed by atoms with E-state index in [1.807, 2.05) is 68.7 Å². The molecule has 0 bridgehead atoms. The Kier molecular flexibility index (Phi) is 5.21. The lowest BCUT2D eigenvalue weighted by Gasteiger charge is -2.22. The molecule has 150 valence electrons. The average Bonchev–Trinajstić information content (AvgIpc) is 3.44. The van der Waals surface area contributed by atoms with E-state index in [-0.39, 0.29) is 11.9 Å². The number of nitrogens with one attached hydrogen (secondary N) is 1. The minimum Gasteiger partial charge on any atom is -0.468 e. The van der Waals surface area contributed by atoms with Crippen molar-refractivity contribution in [1.82, 2.24) is 25.0 Å². The predicted molar refractivity (Wildman–Crippen MR) is 114 cm³/mol. The lowest BCUT2D eigenvalue weighted by atomic mass is 10.1. The largest absolute Gasteiger partial charge is 0.468 e. The Morgan fingerprint density at radius 3 is 2.83 bits per heavy atom. The summed E-state index contributed by atoms with van der Waals surface area (Å²) in [6.07, 6.45) is 1.65. The molecule has 8 heteroatoms. The summed E-state index contributed by atoms with van der Waals surface area (Å²) in [6.45, 7) is 2.33. The first-order valence-corrected chi connectivity index (χ1v) is 10.2. The average molecular weight is 410 g/mol. The highest BCUT2D eigenvalue weighted by Gasteiger charge is 2.22. The summed E-state index contributed by atoms with van der Waals surface area (Å²) < 4.78 is 7.27. The maximum Gasteiger partial charge on any atom is 0.252 e. The minimum atomic E-state index is -0.148. The van der Waals surface area contributed by atoms with Crippen molar-refractivity contribution in [3.8, 4) is 10.6 Å². The van der Waals surface area contributed by atoms with Gasteiger partial charge in [-0.25, -0.2) is 4.98 Å². The molecule has 0 fully saturated rings. The molecule has 4 aromatic heterocycles. The molecular weight excluding hydrogens is 386 g/mol. The molecule has 0 aromatic carbocycles. The van der Waals surface area contributed by atoms with Crippen molar-refractivity contribution in [2.75, 3.05) is 20.6 Å². The molecule has 0 spiro atoms. The standard InChI is InChI=1S/C21H23N5O2S/c1-13-19-14(21(27)22-12-16(25(2)3)17-7-5-9-28-17)11-15(18-8-6-10-29-18)23-20(19)26(4)24-13/h5-11,16H,12H2,1-4H3,(H,22,27). The van der Waals surface area contributed by atoms with Crippen LogP contribution in [-0.4, -0.2) is 46.2 Å². The van der Waals surface area contributed by atoms with Crippen molar-refractivity contribution in [2.24, 2.45) is 7.05 Å². The summed E-state index contributed by atoms with van der Waals surface area (Å²) in [5.41, 5.74) is 2.85. The van der Waals surface area contributed by atoms with Crippen LogP contribution in [0.1, 0.15) is 27.9 Å². The Morgan fingerprint density at radius 1 is 1.34 bits per heavy atom. The molecule has 1 atom stereocenters. The maximum atomic E-state index is 13.2. The highest BCUT2D eigenvalue weighted by molar-refractivity contribution is 7.13. The van der Waals surface area contributed by atoms with Gasteiger partial charge in [0.05, 0.1) is 39.5 Å². The Morgan fingerprint density at radius 2 is 2.17 bits per heavy atom. The van der Waals surface area contributed by atoms with Crippen LogP contribution in [0.3, 0.4) is 0 Å². The molecule has 0 radical (unpaired) electrons. The molecule has 1 N–H and O–H groups in total. The van der Waals surface area contributed by atoms with E-state index >= 15 is 0 Å². The van der Waals surface area contributed by atoms with E-state index in [4.69, 9.17) is 9.40 Å². The fourth-order valence-corrected chi connectivity index (χ4v) is 4.16. The van der Waals surface area contributed by atoms with Crippen molar-refractivity contribution >= 4 is 28.3 Å². The van der Waals surface area contributed by atoms with E-state index in [0.29, 0.717) is 17.8 Å². The van der Waals surface area contributed by atoms with E-state index in [1.54, 1.807) is 22.3 Å². The molecule has 0 aliphatic heterocycles. The minimum absolute atomic E-state index is 0.0574. The number of furan rings is 1. The zero-order chi connectivity index (χ0) is 20.5. The fraction of sp³-hybridized carbons (Fsp3) is 0.286. The van der Waals surface area contributed by atoms with Crippen LogP contribution in [0.2, 0.25) is 0 Å². The lowest BCUT2D eigenvalue weighted by Crippen LogP contribution is -2.34. The third-order valence-electron chi connectivity index (χ3n) is 4.94. The second kappa shape index (κ2) is 7.81. The van der Waals surface area contributed by atoms with Crippen LogP contribution in [-0.2, 0) is 7.05 Å². The van der Waals surface area contributed by atoms with Crippen LogP contribution < -0.4 is 5.32 Å². The second-order valence-corrected chi connectivity index (χ2v) is 8.09. The second-order valence-electron chi connectivity index (χ2n) is 7.14. The monoisotopic (exact) mass is 409 g/mol. The van der Waals surface area contributed by atoms with Crippen LogP contribution >= 0.6 is 11.3 Å². The molecule has 0 saturated heterocycles. The summed E-state index contributed by atoms with van der Waals surface area (Å²) in [7, 11) is 5.77. The summed E-state index contributed by atoms with van der Waals surface area (Å²) >= 11 is 1.60. The zero-order valence-corrected chi connectivity index (χ0v) is 17.7. The van der Waals surface area contributed by atoms with E-state index < -0.39 is 0 Å². The number of nitrogens with zero attached hydrogens (tertiary/aromatic N) is 4. The molecule has 0 saturated carbocycles. The van der Waals surface area contributed by atoms with Gasteiger partial charge in [-0.1, -0.05) is 6.07 Å². The molecule has 4 aromatic rings. The summed E-state index contributed by atoms with van der Waals surface area (Å²) in [6, 6.07) is 9.55. The fourth-order valence-electron chi connectivity index (χ4n) is 3.48. The number of thiophene rings is 1. The van der Waals surface area contributed by atoms with Crippen LogP contribution in [0, 0.1) is 6.92 Å². The van der Waals surface area contributed by atoms with E-state index in [1.165, 1.54) is 0 Å². The van der Waals surface area contributed by atoms with Gasteiger partial charge in [-0.3, -0.25) is 14.4 Å². The highest BCUT2D eigenvalue weighted by Crippen LogP contribution is 2.29. The van der Waals surface area contributed by atoms with Crippen molar-refractivity contribution < 1.29 is 9.21 Å². The molecule has 1 amide bonds. The number of rotatable bonds is 6. The smallest absolute Gasteiger partial charge is 0.252 e. The van der Waals surface area contributed by atoms with Crippen LogP contribution in [0.25, 0.3) is 21.6 Å². The van der Waals surface area contributed by atoms with Crippen molar-refractivity contribution in [3.05, 3.63) is 59.0 Å². The SMILES string of the molecule is Cc1nn(C)c2nc(-c3cccs3)cc(C(=O)NCC(c3ccco3)N(C)C)c12. The highest BCUT2D eigenvalue weighted by atomic mass is 32.1. The Balaban J connectivity index is 1.69. The number of hydrogen-bond acceptors (Lipinski definition) is 6. The predicted octanol–water partition coefficient (Wildman–Crippen LogP) is 3.63. The maximum absolute atomic E-state index is 13.2. The normalized spacial score (nSPS) is 12.6. The van der Waals surface area contributed by atoms with Crippen LogP contribution in [0.15, 0.2) is 46.4 Å². The molecule has 7 nitrogen and oxygen atoms in total. The van der Waals surface area contributed by atoms with Gasteiger partial charge in [-0.05, 0) is 50.7 Å². The quantitative estimate of drug-likeness (QED) is 0.526. The number of fused-ring (bicyclic) bond motifs is 1. The van der Waals surface area contributed by atoms with Crippen molar-refractivity contribution in [3.63, 3.8) is 0 Å². The lowest BCUT2D eigenvalue weighted by molar-refractivity contribution is 0.0940. The summed E-state index contributed by atoms with van der Waals surface area (Å²) in [4.78, 5) is 21.0. The van der Waals surface area contributed by atoms with Gasteiger partial charge in [0.25, 0.3) is 5.91 Å². The van der Waals surface area contributed by atoms with Crippen molar-refractivity contribution in [2.45, 2.75) is 13.0 Å². The number of aryl methyl sites for hydroxylation is 2. The van der Waals surface area contributed by atoms with Gasteiger partial charge >= 0.3 is 0 Å². The molecule has 0 aliphatic carbocycles. The third kappa shape index (κ3) is 3.68. The first kappa shape index (κ1) is 19.4. The zero-order valence-electron chi connectivity index (χ0n) is 16.8. The van der Waals surface area contributed by atoms with E-state index in [2.05, 4.69) is 10.4 Å². The number of hydrogen-bond donors (Lipinski definition) is 1. The first-order valence-electron chi connectivity index (χ1n) is 9.32. The summed E-state index contributed by atoms with van der Waals surface area (Å²) in [5, 5.41) is 10.3. The molecule has 4 heterocycles. The number of amides is 1. The molecule has 1 unspecified atom stereocenters. The van der Waals surface area contributed by atoms with E-state index in [0.717, 1.165) is 27.4 Å². The number of carbonyl (C=O) groups is 1. The number of likely N-dealkylation sites (N-methyl/N-ethyl adjacent to an activating group) is 1. The molecule has 4 rings (SSSR count). The van der Waals surface area contributed by atoms with Gasteiger partial charge in [0.1, 0.15) is 5.76 Å². The van der Waals surface area contributed by atoms with E-state index in [9.17, 15) is 4.79 Å².